The predicted octanol–water partition coefficient (Wildman–Crippen LogP) is 1.88. The zero-order valence-corrected chi connectivity index (χ0v) is 9.54. The van der Waals surface area contributed by atoms with Gasteiger partial charge in [0.15, 0.2) is 0 Å². The molecule has 0 unspecified atom stereocenters. The molecule has 0 amide bonds. The summed E-state index contributed by atoms with van der Waals surface area (Å²) >= 11 is 0. The van der Waals surface area contributed by atoms with Gasteiger partial charge in [0.1, 0.15) is 0 Å². The molecule has 0 aromatic heterocycles. The minimum atomic E-state index is 0.851. The molecular formula is C13H18N2O. The standard InChI is InChI=1S/C13H18N2O/c1-3-11-4-2-6-14-13(11)12(5-1)15-7-9-16-10-8-15/h1,3,5,14H,2,4,6-10H2. The van der Waals surface area contributed by atoms with Gasteiger partial charge in [0.2, 0.25) is 0 Å². The Labute approximate surface area is 96.4 Å². The molecule has 2 heterocycles. The van der Waals surface area contributed by atoms with Crippen molar-refractivity contribution in [3.63, 3.8) is 0 Å². The van der Waals surface area contributed by atoms with Gasteiger partial charge in [0, 0.05) is 19.6 Å². The number of nitrogens with zero attached hydrogens (tertiary/aromatic N) is 1. The molecule has 3 heteroatoms. The molecule has 0 atom stereocenters. The van der Waals surface area contributed by atoms with E-state index in [2.05, 4.69) is 28.4 Å². The van der Waals surface area contributed by atoms with Gasteiger partial charge in [-0.25, -0.2) is 0 Å². The van der Waals surface area contributed by atoms with Gasteiger partial charge in [-0.3, -0.25) is 0 Å². The highest BCUT2D eigenvalue weighted by Crippen LogP contribution is 2.33. The second-order valence-corrected chi connectivity index (χ2v) is 4.44. The zero-order valence-electron chi connectivity index (χ0n) is 9.54. The lowest BCUT2D eigenvalue weighted by atomic mass is 10.0. The average Bonchev–Trinajstić information content (AvgIpc) is 2.39. The van der Waals surface area contributed by atoms with Crippen LogP contribution in [0.1, 0.15) is 12.0 Å². The molecule has 3 nitrogen and oxygen atoms in total. The van der Waals surface area contributed by atoms with E-state index in [0.717, 1.165) is 32.8 Å². The van der Waals surface area contributed by atoms with E-state index in [0.29, 0.717) is 0 Å². The minimum absolute atomic E-state index is 0.851. The van der Waals surface area contributed by atoms with Crippen LogP contribution in [-0.2, 0) is 11.2 Å². The topological polar surface area (TPSA) is 24.5 Å². The van der Waals surface area contributed by atoms with Crippen molar-refractivity contribution < 1.29 is 4.74 Å². The number of ether oxygens (including phenoxy) is 1. The number of morpholine rings is 1. The van der Waals surface area contributed by atoms with Crippen LogP contribution in [0.3, 0.4) is 0 Å². The Hall–Kier alpha value is -1.22. The smallest absolute Gasteiger partial charge is 0.0642 e. The summed E-state index contributed by atoms with van der Waals surface area (Å²) in [5, 5.41) is 3.55. The van der Waals surface area contributed by atoms with Gasteiger partial charge >= 0.3 is 0 Å². The molecule has 1 saturated heterocycles. The lowest BCUT2D eigenvalue weighted by Crippen LogP contribution is -2.37. The molecule has 0 radical (unpaired) electrons. The van der Waals surface area contributed by atoms with E-state index in [1.165, 1.54) is 29.8 Å². The second kappa shape index (κ2) is 4.34. The van der Waals surface area contributed by atoms with Crippen LogP contribution in [0.15, 0.2) is 18.2 Å². The van der Waals surface area contributed by atoms with Gasteiger partial charge in [-0.2, -0.15) is 0 Å². The van der Waals surface area contributed by atoms with Crippen molar-refractivity contribution in [3.8, 4) is 0 Å². The molecule has 0 bridgehead atoms. The predicted molar refractivity (Wildman–Crippen MR) is 66.3 cm³/mol. The Bertz CT molecular complexity index is 372. The van der Waals surface area contributed by atoms with Crippen molar-refractivity contribution in [2.45, 2.75) is 12.8 Å². The van der Waals surface area contributed by atoms with Crippen LogP contribution >= 0.6 is 0 Å². The average molecular weight is 218 g/mol. The zero-order chi connectivity index (χ0) is 10.8. The van der Waals surface area contributed by atoms with E-state index in [9.17, 15) is 0 Å². The fourth-order valence-electron chi connectivity index (χ4n) is 2.56. The fraction of sp³-hybridized carbons (Fsp3) is 0.538. The van der Waals surface area contributed by atoms with Gasteiger partial charge in [-0.1, -0.05) is 12.1 Å². The van der Waals surface area contributed by atoms with Crippen LogP contribution in [0.2, 0.25) is 0 Å². The van der Waals surface area contributed by atoms with Crippen LogP contribution in [0.4, 0.5) is 11.4 Å². The number of hydrogen-bond donors (Lipinski definition) is 1. The molecule has 2 aliphatic rings. The molecule has 1 aromatic carbocycles. The summed E-state index contributed by atoms with van der Waals surface area (Å²) in [5.41, 5.74) is 4.19. The third-order valence-electron chi connectivity index (χ3n) is 3.41. The minimum Gasteiger partial charge on any atom is -0.383 e. The maximum absolute atomic E-state index is 5.40. The highest BCUT2D eigenvalue weighted by Gasteiger charge is 2.18. The molecule has 1 N–H and O–H groups in total. The van der Waals surface area contributed by atoms with E-state index in [1.807, 2.05) is 0 Å². The molecule has 1 fully saturated rings. The summed E-state index contributed by atoms with van der Waals surface area (Å²) in [6, 6.07) is 6.64. The highest BCUT2D eigenvalue weighted by molar-refractivity contribution is 5.74. The first kappa shape index (κ1) is 9.97. The Morgan fingerprint density at radius 2 is 2.06 bits per heavy atom. The number of rotatable bonds is 1. The van der Waals surface area contributed by atoms with E-state index in [-0.39, 0.29) is 0 Å². The molecule has 16 heavy (non-hydrogen) atoms. The molecular weight excluding hydrogens is 200 g/mol. The number of benzene rings is 1. The number of hydrogen-bond acceptors (Lipinski definition) is 3. The largest absolute Gasteiger partial charge is 0.383 e. The Kier molecular flexibility index (Phi) is 2.70. The van der Waals surface area contributed by atoms with Gasteiger partial charge in [0.25, 0.3) is 0 Å². The molecule has 2 aliphatic heterocycles. The van der Waals surface area contributed by atoms with Crippen molar-refractivity contribution in [2.75, 3.05) is 43.1 Å². The van der Waals surface area contributed by atoms with Crippen molar-refractivity contribution in [2.24, 2.45) is 0 Å². The normalized spacial score (nSPS) is 20.1. The second-order valence-electron chi connectivity index (χ2n) is 4.44. The summed E-state index contributed by atoms with van der Waals surface area (Å²) in [6.07, 6.45) is 2.46. The highest BCUT2D eigenvalue weighted by atomic mass is 16.5. The van der Waals surface area contributed by atoms with Crippen molar-refractivity contribution in [1.82, 2.24) is 0 Å². The van der Waals surface area contributed by atoms with Crippen molar-refractivity contribution in [1.29, 1.82) is 0 Å². The number of nitrogens with one attached hydrogen (secondary N) is 1. The maximum Gasteiger partial charge on any atom is 0.0642 e. The fourth-order valence-corrected chi connectivity index (χ4v) is 2.56. The van der Waals surface area contributed by atoms with Gasteiger partial charge in [-0.15, -0.1) is 0 Å². The number of fused-ring (bicyclic) bond motifs is 1. The summed E-state index contributed by atoms with van der Waals surface area (Å²) in [6.45, 7) is 4.83. The quantitative estimate of drug-likeness (QED) is 0.779. The molecule has 0 saturated carbocycles. The number of anilines is 2. The first-order valence-electron chi connectivity index (χ1n) is 6.13. The molecule has 1 aromatic rings. The molecule has 86 valence electrons. The number of para-hydroxylation sites is 1. The molecule has 0 spiro atoms. The molecule has 0 aliphatic carbocycles. The maximum atomic E-state index is 5.40. The molecule has 3 rings (SSSR count). The van der Waals surface area contributed by atoms with Crippen LogP contribution in [0.5, 0.6) is 0 Å². The first-order chi connectivity index (χ1) is 7.95. The van der Waals surface area contributed by atoms with Crippen LogP contribution in [-0.4, -0.2) is 32.8 Å². The van der Waals surface area contributed by atoms with Gasteiger partial charge < -0.3 is 15.0 Å². The summed E-state index contributed by atoms with van der Waals surface area (Å²) in [5.74, 6) is 0. The summed E-state index contributed by atoms with van der Waals surface area (Å²) in [4.78, 5) is 2.43. The third-order valence-corrected chi connectivity index (χ3v) is 3.41. The van der Waals surface area contributed by atoms with E-state index >= 15 is 0 Å². The van der Waals surface area contributed by atoms with E-state index < -0.39 is 0 Å². The third kappa shape index (κ3) is 1.76. The Morgan fingerprint density at radius 1 is 1.19 bits per heavy atom. The van der Waals surface area contributed by atoms with E-state index in [1.54, 1.807) is 0 Å². The monoisotopic (exact) mass is 218 g/mol. The number of aryl methyl sites for hydroxylation is 1. The van der Waals surface area contributed by atoms with Crippen molar-refractivity contribution in [3.05, 3.63) is 23.8 Å². The Morgan fingerprint density at radius 3 is 2.94 bits per heavy atom. The first-order valence-corrected chi connectivity index (χ1v) is 6.13. The lowest BCUT2D eigenvalue weighted by Gasteiger charge is -2.32. The van der Waals surface area contributed by atoms with Gasteiger partial charge in [-0.05, 0) is 24.5 Å². The van der Waals surface area contributed by atoms with Crippen LogP contribution in [0, 0.1) is 0 Å². The van der Waals surface area contributed by atoms with E-state index in [4.69, 9.17) is 4.74 Å². The summed E-state index contributed by atoms with van der Waals surface area (Å²) in [7, 11) is 0. The Balaban J connectivity index is 1.93. The summed E-state index contributed by atoms with van der Waals surface area (Å²) < 4.78 is 5.40. The SMILES string of the molecule is c1cc2c(c(N3CCOCC3)c1)NCCC2. The van der Waals surface area contributed by atoms with Gasteiger partial charge in [0.05, 0.1) is 24.6 Å². The lowest BCUT2D eigenvalue weighted by molar-refractivity contribution is 0.123. The van der Waals surface area contributed by atoms with Crippen LogP contribution in [0.25, 0.3) is 0 Å². The van der Waals surface area contributed by atoms with Crippen molar-refractivity contribution >= 4 is 11.4 Å². The van der Waals surface area contributed by atoms with Crippen LogP contribution < -0.4 is 10.2 Å².